The quantitative estimate of drug-likeness (QED) is 0.165. The number of aliphatic hydroxyl groups is 1. The van der Waals surface area contributed by atoms with Gasteiger partial charge in [0.2, 0.25) is 0 Å². The number of fused-ring (bicyclic) bond motifs is 1. The summed E-state index contributed by atoms with van der Waals surface area (Å²) in [6, 6.07) is 17.1. The van der Waals surface area contributed by atoms with E-state index in [4.69, 9.17) is 4.74 Å². The van der Waals surface area contributed by atoms with Crippen molar-refractivity contribution in [3.63, 3.8) is 0 Å². The second-order valence-electron chi connectivity index (χ2n) is 7.14. The zero-order valence-corrected chi connectivity index (χ0v) is 19.0. The van der Waals surface area contributed by atoms with Crippen LogP contribution >= 0.6 is 11.8 Å². The molecule has 33 heavy (non-hydrogen) atoms. The minimum absolute atomic E-state index is 0.0888. The van der Waals surface area contributed by atoms with Gasteiger partial charge in [-0.3, -0.25) is 4.57 Å². The lowest BCUT2D eigenvalue weighted by atomic mass is 10.2. The largest absolute Gasteiger partial charge is 0.510 e. The number of hydrogen-bond donors (Lipinski definition) is 2. The van der Waals surface area contributed by atoms with Crippen molar-refractivity contribution in [3.05, 3.63) is 72.8 Å². The third-order valence-electron chi connectivity index (χ3n) is 5.04. The zero-order valence-electron chi connectivity index (χ0n) is 18.2. The Labute approximate surface area is 195 Å². The van der Waals surface area contributed by atoms with Crippen LogP contribution in [-0.2, 0) is 6.54 Å². The molecule has 0 amide bonds. The van der Waals surface area contributed by atoms with E-state index in [1.165, 1.54) is 11.8 Å². The number of methoxy groups -OCH3 is 1. The van der Waals surface area contributed by atoms with Crippen molar-refractivity contribution in [1.82, 2.24) is 24.7 Å². The highest BCUT2D eigenvalue weighted by Crippen LogP contribution is 2.34. The number of aromatic amines is 1. The molecule has 0 bridgehead atoms. The van der Waals surface area contributed by atoms with Gasteiger partial charge in [-0.1, -0.05) is 42.1 Å². The van der Waals surface area contributed by atoms with Crippen molar-refractivity contribution in [2.24, 2.45) is 0 Å². The summed E-state index contributed by atoms with van der Waals surface area (Å²) in [5, 5.41) is 29.5. The monoisotopic (exact) mass is 458 g/mol. The molecule has 1 atom stereocenters. The Kier molecular flexibility index (Phi) is 6.47. The maximum absolute atomic E-state index is 10.9. The van der Waals surface area contributed by atoms with Crippen LogP contribution < -0.4 is 4.74 Å². The topological polar surface area (TPSA) is 113 Å². The van der Waals surface area contributed by atoms with E-state index in [1.807, 2.05) is 53.1 Å². The number of nitriles is 1. The van der Waals surface area contributed by atoms with E-state index < -0.39 is 5.25 Å². The van der Waals surface area contributed by atoms with Gasteiger partial charge < -0.3 is 14.8 Å². The maximum Gasteiger partial charge on any atom is 0.192 e. The van der Waals surface area contributed by atoms with Gasteiger partial charge >= 0.3 is 0 Å². The molecule has 0 aliphatic heterocycles. The summed E-state index contributed by atoms with van der Waals surface area (Å²) in [6.07, 6.45) is 1.75. The maximum atomic E-state index is 10.9. The Balaban J connectivity index is 1.68. The molecule has 0 fully saturated rings. The van der Waals surface area contributed by atoms with Crippen LogP contribution in [0.4, 0.5) is 0 Å². The van der Waals surface area contributed by atoms with Crippen LogP contribution in [0, 0.1) is 11.3 Å². The molecule has 0 saturated carbocycles. The molecule has 0 radical (unpaired) electrons. The third-order valence-corrected chi connectivity index (χ3v) is 6.13. The molecule has 9 heteroatoms. The van der Waals surface area contributed by atoms with Gasteiger partial charge in [0.1, 0.15) is 23.2 Å². The number of aromatic nitrogens is 5. The van der Waals surface area contributed by atoms with Crippen LogP contribution in [0.5, 0.6) is 5.75 Å². The standard InChI is InChI=1S/C24H22N6O2S/c1-4-13-30-23(16-9-5-8-12-20(16)32-3)28-29-24(30)33-15(2)21(31)17(14-25)22-26-18-10-6-7-11-19(18)27-22/h4-12,15,31H,1,13H2,2-3H3,(H,26,27)/b21-17-. The lowest BCUT2D eigenvalue weighted by Crippen LogP contribution is -2.08. The number of nitrogens with one attached hydrogen (secondary N) is 1. The molecular weight excluding hydrogens is 436 g/mol. The molecule has 2 aromatic carbocycles. The summed E-state index contributed by atoms with van der Waals surface area (Å²) < 4.78 is 7.37. The highest BCUT2D eigenvalue weighted by molar-refractivity contribution is 7.99. The molecule has 8 nitrogen and oxygen atoms in total. The number of aliphatic hydroxyl groups excluding tert-OH is 1. The summed E-state index contributed by atoms with van der Waals surface area (Å²) in [5.41, 5.74) is 2.40. The number of H-pyrrole nitrogens is 1. The van der Waals surface area contributed by atoms with Crippen LogP contribution in [0.3, 0.4) is 0 Å². The Morgan fingerprint density at radius 3 is 2.76 bits per heavy atom. The van der Waals surface area contributed by atoms with Crippen molar-refractivity contribution in [2.75, 3.05) is 7.11 Å². The molecule has 0 aliphatic carbocycles. The number of hydrogen-bond acceptors (Lipinski definition) is 7. The molecule has 0 spiro atoms. The number of allylic oxidation sites excluding steroid dienone is 2. The molecule has 0 aliphatic rings. The van der Waals surface area contributed by atoms with Gasteiger partial charge in [-0.05, 0) is 31.2 Å². The van der Waals surface area contributed by atoms with Crippen LogP contribution in [0.25, 0.3) is 28.0 Å². The summed E-state index contributed by atoms with van der Waals surface area (Å²) in [6.45, 7) is 6.11. The second kappa shape index (κ2) is 9.63. The van der Waals surface area contributed by atoms with Crippen LogP contribution in [0.1, 0.15) is 12.7 Å². The van der Waals surface area contributed by atoms with Gasteiger partial charge in [0.05, 0.1) is 29.0 Å². The van der Waals surface area contributed by atoms with Gasteiger partial charge in [-0.15, -0.1) is 16.8 Å². The van der Waals surface area contributed by atoms with E-state index in [-0.39, 0.29) is 11.3 Å². The number of thioether (sulfide) groups is 1. The van der Waals surface area contributed by atoms with Crippen molar-refractivity contribution < 1.29 is 9.84 Å². The van der Waals surface area contributed by atoms with Crippen LogP contribution in [-0.4, -0.2) is 42.2 Å². The first-order chi connectivity index (χ1) is 16.1. The van der Waals surface area contributed by atoms with E-state index in [9.17, 15) is 10.4 Å². The van der Waals surface area contributed by atoms with Crippen molar-refractivity contribution in [1.29, 1.82) is 5.26 Å². The number of ether oxygens (including phenoxy) is 1. The van der Waals surface area contributed by atoms with Crippen molar-refractivity contribution in [2.45, 2.75) is 23.9 Å². The molecule has 0 saturated heterocycles. The molecule has 4 rings (SSSR count). The summed E-state index contributed by atoms with van der Waals surface area (Å²) >= 11 is 1.29. The van der Waals surface area contributed by atoms with E-state index >= 15 is 0 Å². The fourth-order valence-electron chi connectivity index (χ4n) is 3.42. The van der Waals surface area contributed by atoms with E-state index in [0.717, 1.165) is 16.6 Å². The van der Waals surface area contributed by atoms with Crippen LogP contribution in [0.2, 0.25) is 0 Å². The lowest BCUT2D eigenvalue weighted by molar-refractivity contribution is 0.401. The van der Waals surface area contributed by atoms with Gasteiger partial charge in [0.15, 0.2) is 16.8 Å². The number of rotatable bonds is 8. The number of imidazole rings is 1. The normalized spacial score (nSPS) is 12.8. The van der Waals surface area contributed by atoms with Crippen molar-refractivity contribution >= 4 is 28.4 Å². The molecule has 166 valence electrons. The van der Waals surface area contributed by atoms with E-state index in [1.54, 1.807) is 20.1 Å². The van der Waals surface area contributed by atoms with Gasteiger partial charge in [-0.25, -0.2) is 4.98 Å². The third kappa shape index (κ3) is 4.33. The molecular formula is C24H22N6O2S. The van der Waals surface area contributed by atoms with Gasteiger partial charge in [0, 0.05) is 6.54 Å². The predicted octanol–water partition coefficient (Wildman–Crippen LogP) is 4.99. The number of para-hydroxylation sites is 3. The highest BCUT2D eigenvalue weighted by Gasteiger charge is 2.23. The zero-order chi connectivity index (χ0) is 23.4. The Morgan fingerprint density at radius 1 is 1.27 bits per heavy atom. The minimum Gasteiger partial charge on any atom is -0.510 e. The summed E-state index contributed by atoms with van der Waals surface area (Å²) in [5.74, 6) is 1.54. The first kappa shape index (κ1) is 22.2. The average molecular weight is 459 g/mol. The second-order valence-corrected chi connectivity index (χ2v) is 8.45. The minimum atomic E-state index is -0.480. The first-order valence-corrected chi connectivity index (χ1v) is 11.1. The Hall–Kier alpha value is -4.03. The van der Waals surface area contributed by atoms with Crippen LogP contribution in [0.15, 0.2) is 72.1 Å². The fraction of sp³-hybridized carbons (Fsp3) is 0.167. The number of nitrogens with zero attached hydrogens (tertiary/aromatic N) is 5. The van der Waals surface area contributed by atoms with E-state index in [0.29, 0.717) is 29.1 Å². The summed E-state index contributed by atoms with van der Waals surface area (Å²) in [4.78, 5) is 7.53. The fourth-order valence-corrected chi connectivity index (χ4v) is 4.34. The molecule has 1 unspecified atom stereocenters. The number of benzene rings is 2. The molecule has 2 N–H and O–H groups in total. The SMILES string of the molecule is C=CCn1c(SC(C)/C(O)=C(\C#N)c2nc3ccccc3[nH]2)nnc1-c1ccccc1OC. The smallest absolute Gasteiger partial charge is 0.192 e. The molecule has 2 heterocycles. The van der Waals surface area contributed by atoms with Crippen molar-refractivity contribution in [3.8, 4) is 23.2 Å². The Bertz CT molecular complexity index is 1350. The highest BCUT2D eigenvalue weighted by atomic mass is 32.2. The van der Waals surface area contributed by atoms with E-state index in [2.05, 4.69) is 32.8 Å². The van der Waals surface area contributed by atoms with Gasteiger partial charge in [0.25, 0.3) is 0 Å². The first-order valence-electron chi connectivity index (χ1n) is 10.2. The van der Waals surface area contributed by atoms with Gasteiger partial charge in [-0.2, -0.15) is 5.26 Å². The lowest BCUT2D eigenvalue weighted by Gasteiger charge is -2.13. The Morgan fingerprint density at radius 2 is 2.03 bits per heavy atom. The predicted molar refractivity (Wildman–Crippen MR) is 129 cm³/mol. The average Bonchev–Trinajstić information content (AvgIpc) is 3.43. The molecule has 2 aromatic heterocycles. The summed E-state index contributed by atoms with van der Waals surface area (Å²) in [7, 11) is 1.61. The molecule has 4 aromatic rings.